The molecule has 0 radical (unpaired) electrons. The van der Waals surface area contributed by atoms with E-state index in [1.165, 1.54) is 0 Å². The summed E-state index contributed by atoms with van der Waals surface area (Å²) >= 11 is 0. The van der Waals surface area contributed by atoms with E-state index in [0.29, 0.717) is 12.8 Å². The Kier molecular flexibility index (Phi) is 37.9. The van der Waals surface area contributed by atoms with Crippen molar-refractivity contribution < 1.29 is 37.6 Å². The number of allylic oxidation sites excluding steroid dienone is 18. The first kappa shape index (κ1) is 51.7. The molecule has 0 amide bonds. The average Bonchev–Trinajstić information content (AvgIpc) is 3.17. The molecule has 1 unspecified atom stereocenters. The number of phosphoric acid groups is 1. The Morgan fingerprint density at radius 2 is 0.945 bits per heavy atom. The summed E-state index contributed by atoms with van der Waals surface area (Å²) in [7, 11) is -4.40. The third kappa shape index (κ3) is 40.2. The first-order chi connectivity index (χ1) is 26.8. The van der Waals surface area contributed by atoms with E-state index in [0.717, 1.165) is 89.9 Å². The van der Waals surface area contributed by atoms with Crippen molar-refractivity contribution in [2.75, 3.05) is 26.4 Å². The number of unbranched alkanes of at least 4 members (excludes halogenated alkanes) is 5. The van der Waals surface area contributed by atoms with Crippen molar-refractivity contribution in [3.63, 3.8) is 0 Å². The maximum Gasteiger partial charge on any atom is 0.472 e. The van der Waals surface area contributed by atoms with Crippen LogP contribution in [-0.4, -0.2) is 49.3 Å². The fourth-order valence-electron chi connectivity index (χ4n) is 4.71. The smallest absolute Gasteiger partial charge is 0.462 e. The lowest BCUT2D eigenvalue weighted by Gasteiger charge is -2.19. The zero-order valence-corrected chi connectivity index (χ0v) is 34.7. The van der Waals surface area contributed by atoms with Crippen LogP contribution in [0.1, 0.15) is 129 Å². The standard InChI is InChI=1S/C45H72NO8P/c1-3-5-7-9-11-13-15-17-19-20-21-22-24-26-28-30-32-34-36-38-45(48)54-43(42-53-55(49,50)52-40-39-46)41-51-44(47)37-35-33-31-29-27-25-23-18-16-14-12-10-8-6-4-2/h5-8,11-14,17-19,21-23,26-29,43H,3-4,9-10,15-16,20,24-25,30-42,46H2,1-2H3,(H,49,50)/b7-5-,8-6-,13-11-,14-12-,19-17-,22-21-,23-18-,28-26-,29-27-/t43-/m1/s1. The molecule has 0 aliphatic rings. The van der Waals surface area contributed by atoms with Crippen LogP contribution in [0.4, 0.5) is 0 Å². The number of nitrogens with two attached hydrogens (primary N) is 1. The highest BCUT2D eigenvalue weighted by atomic mass is 31.2. The third-order valence-electron chi connectivity index (χ3n) is 7.65. The second kappa shape index (κ2) is 40.3. The van der Waals surface area contributed by atoms with Gasteiger partial charge in [0.25, 0.3) is 0 Å². The summed E-state index contributed by atoms with van der Waals surface area (Å²) in [5.41, 5.74) is 5.33. The minimum atomic E-state index is -4.40. The van der Waals surface area contributed by atoms with Gasteiger partial charge >= 0.3 is 19.8 Å². The van der Waals surface area contributed by atoms with Gasteiger partial charge in [-0.3, -0.25) is 18.6 Å². The fraction of sp³-hybridized carbons (Fsp3) is 0.556. The van der Waals surface area contributed by atoms with E-state index in [9.17, 15) is 19.0 Å². The van der Waals surface area contributed by atoms with E-state index in [4.69, 9.17) is 24.3 Å². The monoisotopic (exact) mass is 785 g/mol. The van der Waals surface area contributed by atoms with E-state index in [2.05, 4.69) is 123 Å². The summed E-state index contributed by atoms with van der Waals surface area (Å²) in [6.45, 7) is 3.37. The summed E-state index contributed by atoms with van der Waals surface area (Å²) < 4.78 is 32.6. The molecule has 0 aromatic heterocycles. The van der Waals surface area contributed by atoms with Crippen molar-refractivity contribution >= 4 is 19.8 Å². The van der Waals surface area contributed by atoms with Gasteiger partial charge in [-0.25, -0.2) is 4.57 Å². The maximum absolute atomic E-state index is 12.6. The van der Waals surface area contributed by atoms with Gasteiger partial charge in [-0.05, 0) is 96.3 Å². The van der Waals surface area contributed by atoms with Gasteiger partial charge in [-0.1, -0.05) is 130 Å². The molecule has 0 fully saturated rings. The predicted octanol–water partition coefficient (Wildman–Crippen LogP) is 11.6. The molecule has 9 nitrogen and oxygen atoms in total. The molecular weight excluding hydrogens is 713 g/mol. The van der Waals surface area contributed by atoms with Crippen molar-refractivity contribution in [3.8, 4) is 0 Å². The Hall–Kier alpha value is -3.33. The van der Waals surface area contributed by atoms with E-state index in [-0.39, 0.29) is 32.6 Å². The molecule has 310 valence electrons. The van der Waals surface area contributed by atoms with Gasteiger partial charge < -0.3 is 20.1 Å². The van der Waals surface area contributed by atoms with Crippen LogP contribution in [0.25, 0.3) is 0 Å². The van der Waals surface area contributed by atoms with Gasteiger partial charge in [0, 0.05) is 19.4 Å². The van der Waals surface area contributed by atoms with Crippen molar-refractivity contribution in [3.05, 3.63) is 109 Å². The van der Waals surface area contributed by atoms with Crippen molar-refractivity contribution in [2.45, 2.75) is 136 Å². The number of phosphoric ester groups is 1. The highest BCUT2D eigenvalue weighted by Crippen LogP contribution is 2.43. The van der Waals surface area contributed by atoms with E-state index < -0.39 is 32.5 Å². The summed E-state index contributed by atoms with van der Waals surface area (Å²) in [6.07, 6.45) is 52.7. The molecule has 0 aromatic carbocycles. The molecule has 0 spiro atoms. The lowest BCUT2D eigenvalue weighted by Crippen LogP contribution is -2.29. The van der Waals surface area contributed by atoms with Crippen LogP contribution >= 0.6 is 7.82 Å². The van der Waals surface area contributed by atoms with E-state index in [1.54, 1.807) is 0 Å². The molecule has 0 bridgehead atoms. The topological polar surface area (TPSA) is 134 Å². The number of carbonyl (C=O) groups is 2. The molecule has 0 heterocycles. The molecule has 0 aromatic rings. The minimum Gasteiger partial charge on any atom is -0.462 e. The molecular formula is C45H72NO8P. The van der Waals surface area contributed by atoms with Gasteiger partial charge in [-0.15, -0.1) is 0 Å². The number of ether oxygens (including phenoxy) is 2. The van der Waals surface area contributed by atoms with Crippen LogP contribution in [0, 0.1) is 0 Å². The largest absolute Gasteiger partial charge is 0.472 e. The van der Waals surface area contributed by atoms with Crippen molar-refractivity contribution in [2.24, 2.45) is 5.73 Å². The summed E-state index contributed by atoms with van der Waals surface area (Å²) in [5, 5.41) is 0. The highest BCUT2D eigenvalue weighted by Gasteiger charge is 2.25. The van der Waals surface area contributed by atoms with Crippen LogP contribution in [0.5, 0.6) is 0 Å². The van der Waals surface area contributed by atoms with E-state index in [1.807, 2.05) is 0 Å². The van der Waals surface area contributed by atoms with Gasteiger partial charge in [-0.2, -0.15) is 0 Å². The number of esters is 2. The van der Waals surface area contributed by atoms with Gasteiger partial charge in [0.2, 0.25) is 0 Å². The second-order valence-electron chi connectivity index (χ2n) is 12.7. The first-order valence-electron chi connectivity index (χ1n) is 20.4. The Bertz CT molecular complexity index is 1260. The molecule has 0 saturated carbocycles. The second-order valence-corrected chi connectivity index (χ2v) is 14.2. The van der Waals surface area contributed by atoms with Crippen LogP contribution in [0.3, 0.4) is 0 Å². The number of hydrogen-bond acceptors (Lipinski definition) is 8. The predicted molar refractivity (Wildman–Crippen MR) is 228 cm³/mol. The molecule has 55 heavy (non-hydrogen) atoms. The minimum absolute atomic E-state index is 0.0350. The fourth-order valence-corrected chi connectivity index (χ4v) is 5.47. The lowest BCUT2D eigenvalue weighted by atomic mass is 10.1. The number of carbonyl (C=O) groups excluding carboxylic acids is 2. The highest BCUT2D eigenvalue weighted by molar-refractivity contribution is 7.47. The zero-order valence-electron chi connectivity index (χ0n) is 33.9. The molecule has 0 saturated heterocycles. The van der Waals surface area contributed by atoms with Gasteiger partial charge in [0.1, 0.15) is 6.61 Å². The molecule has 3 N–H and O–H groups in total. The quantitative estimate of drug-likeness (QED) is 0.0275. The molecule has 0 aliphatic carbocycles. The Morgan fingerprint density at radius 1 is 0.545 bits per heavy atom. The molecule has 2 atom stereocenters. The summed E-state index contributed by atoms with van der Waals surface area (Å²) in [4.78, 5) is 34.8. The number of rotatable bonds is 36. The zero-order chi connectivity index (χ0) is 40.3. The molecule has 10 heteroatoms. The average molecular weight is 786 g/mol. The Labute approximate surface area is 333 Å². The van der Waals surface area contributed by atoms with Crippen molar-refractivity contribution in [1.82, 2.24) is 0 Å². The van der Waals surface area contributed by atoms with E-state index >= 15 is 0 Å². The van der Waals surface area contributed by atoms with Crippen LogP contribution in [0.15, 0.2) is 109 Å². The molecule has 0 aliphatic heterocycles. The van der Waals surface area contributed by atoms with Crippen molar-refractivity contribution in [1.29, 1.82) is 0 Å². The molecule has 0 rings (SSSR count). The lowest BCUT2D eigenvalue weighted by molar-refractivity contribution is -0.161. The Morgan fingerprint density at radius 3 is 1.40 bits per heavy atom. The third-order valence-corrected chi connectivity index (χ3v) is 8.64. The van der Waals surface area contributed by atoms with Crippen LogP contribution < -0.4 is 5.73 Å². The van der Waals surface area contributed by atoms with Gasteiger partial charge in [0.05, 0.1) is 13.2 Å². The first-order valence-corrected chi connectivity index (χ1v) is 21.9. The maximum atomic E-state index is 12.6. The van der Waals surface area contributed by atoms with Gasteiger partial charge in [0.15, 0.2) is 6.10 Å². The summed E-state index contributed by atoms with van der Waals surface area (Å²) in [5.74, 6) is -0.930. The van der Waals surface area contributed by atoms with Crippen LogP contribution in [0.2, 0.25) is 0 Å². The normalized spacial score (nSPS) is 14.5. The summed E-state index contributed by atoms with van der Waals surface area (Å²) in [6, 6.07) is 0. The van der Waals surface area contributed by atoms with Crippen LogP contribution in [-0.2, 0) is 32.7 Å². The number of hydrogen-bond donors (Lipinski definition) is 2. The SMILES string of the molecule is CC/C=C\C/C=C\C/C=C\C/C=C\C/C=C\CCCCCC(=O)O[C@H](COC(=O)CCCC/C=C\C/C=C\C/C=C\C/C=C\CC)COP(=O)(O)OCCN. The Balaban J connectivity index is 4.36.